The number of carbonyl (C=O) groups excluding carboxylic acids is 1. The molecule has 0 bridgehead atoms. The Labute approximate surface area is 114 Å². The second-order valence-corrected chi connectivity index (χ2v) is 5.43. The van der Waals surface area contributed by atoms with Crippen LogP contribution in [-0.2, 0) is 4.74 Å². The monoisotopic (exact) mass is 262 g/mol. The molecule has 0 aromatic carbocycles. The van der Waals surface area contributed by atoms with Gasteiger partial charge < -0.3 is 10.1 Å². The van der Waals surface area contributed by atoms with E-state index in [1.54, 1.807) is 6.07 Å². The van der Waals surface area contributed by atoms with Crippen LogP contribution < -0.4 is 5.32 Å². The minimum absolute atomic E-state index is 0.289. The van der Waals surface area contributed by atoms with E-state index in [-0.39, 0.29) is 12.0 Å². The Morgan fingerprint density at radius 1 is 1.47 bits per heavy atom. The van der Waals surface area contributed by atoms with E-state index in [4.69, 9.17) is 4.74 Å². The zero-order valence-electron chi connectivity index (χ0n) is 11.7. The summed E-state index contributed by atoms with van der Waals surface area (Å²) >= 11 is 0. The first kappa shape index (κ1) is 13.8. The highest BCUT2D eigenvalue weighted by atomic mass is 16.5. The molecular weight excluding hydrogens is 240 g/mol. The van der Waals surface area contributed by atoms with Crippen LogP contribution in [0.2, 0.25) is 0 Å². The first-order valence-electron chi connectivity index (χ1n) is 7.06. The highest BCUT2D eigenvalue weighted by molar-refractivity contribution is 5.87. The highest BCUT2D eigenvalue weighted by Gasteiger charge is 2.18. The number of anilines is 1. The molecule has 2 rings (SSSR count). The average Bonchev–Trinajstić information content (AvgIpc) is 2.31. The largest absolute Gasteiger partial charge is 0.461 e. The summed E-state index contributed by atoms with van der Waals surface area (Å²) in [5, 5.41) is 3.17. The molecule has 1 aromatic rings. The van der Waals surface area contributed by atoms with Gasteiger partial charge in [-0.05, 0) is 38.3 Å². The number of hydrogen-bond donors (Lipinski definition) is 1. The van der Waals surface area contributed by atoms with Crippen LogP contribution in [0.25, 0.3) is 0 Å². The number of ether oxygens (including phenoxy) is 1. The molecule has 4 heteroatoms. The minimum atomic E-state index is -0.327. The Balaban J connectivity index is 1.83. The molecule has 0 radical (unpaired) electrons. The van der Waals surface area contributed by atoms with Crippen LogP contribution in [0.15, 0.2) is 18.2 Å². The minimum Gasteiger partial charge on any atom is -0.461 e. The molecule has 4 nitrogen and oxygen atoms in total. The normalized spacial score (nSPS) is 15.1. The van der Waals surface area contributed by atoms with Crippen molar-refractivity contribution in [3.05, 3.63) is 23.9 Å². The second-order valence-electron chi connectivity index (χ2n) is 5.43. The maximum absolute atomic E-state index is 11.9. The van der Waals surface area contributed by atoms with E-state index in [2.05, 4.69) is 10.3 Å². The Kier molecular flexibility index (Phi) is 4.77. The second kappa shape index (κ2) is 6.55. The van der Waals surface area contributed by atoms with E-state index < -0.39 is 0 Å². The smallest absolute Gasteiger partial charge is 0.357 e. The van der Waals surface area contributed by atoms with E-state index in [0.29, 0.717) is 18.1 Å². The third-order valence-corrected chi connectivity index (χ3v) is 3.38. The van der Waals surface area contributed by atoms with Crippen molar-refractivity contribution in [2.45, 2.75) is 45.6 Å². The predicted molar refractivity (Wildman–Crippen MR) is 75.2 cm³/mol. The highest BCUT2D eigenvalue weighted by Crippen LogP contribution is 2.29. The molecular formula is C15H22N2O2. The van der Waals surface area contributed by atoms with Gasteiger partial charge in [-0.15, -0.1) is 0 Å². The fourth-order valence-corrected chi connectivity index (χ4v) is 2.10. The quantitative estimate of drug-likeness (QED) is 0.800. The number of rotatable bonds is 6. The van der Waals surface area contributed by atoms with E-state index >= 15 is 0 Å². The van der Waals surface area contributed by atoms with Gasteiger partial charge in [-0.2, -0.15) is 0 Å². The Morgan fingerprint density at radius 3 is 2.89 bits per heavy atom. The van der Waals surface area contributed by atoms with Crippen molar-refractivity contribution < 1.29 is 9.53 Å². The van der Waals surface area contributed by atoms with Gasteiger partial charge in [0.15, 0.2) is 5.69 Å². The van der Waals surface area contributed by atoms with Crippen LogP contribution in [-0.4, -0.2) is 23.6 Å². The zero-order valence-corrected chi connectivity index (χ0v) is 11.7. The van der Waals surface area contributed by atoms with Crippen LogP contribution in [0.5, 0.6) is 0 Å². The van der Waals surface area contributed by atoms with Crippen LogP contribution in [0.1, 0.15) is 50.0 Å². The first-order valence-corrected chi connectivity index (χ1v) is 7.06. The lowest BCUT2D eigenvalue weighted by molar-refractivity contribution is 0.0457. The van der Waals surface area contributed by atoms with Crippen LogP contribution in [0.3, 0.4) is 0 Å². The molecule has 19 heavy (non-hydrogen) atoms. The van der Waals surface area contributed by atoms with Gasteiger partial charge in [-0.1, -0.05) is 25.3 Å². The Morgan fingerprint density at radius 2 is 2.26 bits per heavy atom. The third-order valence-electron chi connectivity index (χ3n) is 3.38. The average molecular weight is 262 g/mol. The van der Waals surface area contributed by atoms with Crippen LogP contribution in [0.4, 0.5) is 5.82 Å². The molecule has 0 amide bonds. The van der Waals surface area contributed by atoms with Gasteiger partial charge in [0.2, 0.25) is 0 Å². The summed E-state index contributed by atoms with van der Waals surface area (Å²) in [7, 11) is 0. The lowest BCUT2D eigenvalue weighted by Crippen LogP contribution is -2.17. The number of pyridine rings is 1. The number of aromatic nitrogens is 1. The van der Waals surface area contributed by atoms with Crippen LogP contribution in [0, 0.1) is 5.92 Å². The van der Waals surface area contributed by atoms with E-state index in [1.807, 2.05) is 26.0 Å². The first-order chi connectivity index (χ1) is 9.15. The number of esters is 1. The van der Waals surface area contributed by atoms with Crippen molar-refractivity contribution in [3.8, 4) is 0 Å². The van der Waals surface area contributed by atoms with Gasteiger partial charge in [0.25, 0.3) is 0 Å². The van der Waals surface area contributed by atoms with Crippen LogP contribution >= 0.6 is 0 Å². The predicted octanol–water partition coefficient (Wildman–Crippen LogP) is 3.25. The van der Waals surface area contributed by atoms with Crippen molar-refractivity contribution in [1.82, 2.24) is 4.98 Å². The summed E-state index contributed by atoms with van der Waals surface area (Å²) in [6.07, 6.45) is 4.87. The molecule has 1 aromatic heterocycles. The third kappa shape index (κ3) is 4.23. The van der Waals surface area contributed by atoms with Gasteiger partial charge in [0.05, 0.1) is 6.61 Å². The number of carbonyl (C=O) groups is 1. The van der Waals surface area contributed by atoms with Gasteiger partial charge in [-0.25, -0.2) is 9.78 Å². The Hall–Kier alpha value is -1.58. The fourth-order valence-electron chi connectivity index (χ4n) is 2.10. The SMILES string of the molecule is CC(C)Nc1cccc(C(=O)OCCC2CCC2)n1. The summed E-state index contributed by atoms with van der Waals surface area (Å²) in [4.78, 5) is 16.1. The van der Waals surface area contributed by atoms with Gasteiger partial charge in [0, 0.05) is 6.04 Å². The van der Waals surface area contributed by atoms with Crippen molar-refractivity contribution >= 4 is 11.8 Å². The number of nitrogens with one attached hydrogen (secondary N) is 1. The van der Waals surface area contributed by atoms with Crippen molar-refractivity contribution in [3.63, 3.8) is 0 Å². The summed E-state index contributed by atoms with van der Waals surface area (Å²) in [5.41, 5.74) is 0.374. The molecule has 0 atom stereocenters. The van der Waals surface area contributed by atoms with E-state index in [0.717, 1.165) is 12.3 Å². The van der Waals surface area contributed by atoms with Crippen molar-refractivity contribution in [1.29, 1.82) is 0 Å². The maximum Gasteiger partial charge on any atom is 0.357 e. The maximum atomic E-state index is 11.9. The Bertz CT molecular complexity index is 428. The van der Waals surface area contributed by atoms with Gasteiger partial charge in [0.1, 0.15) is 5.82 Å². The summed E-state index contributed by atoms with van der Waals surface area (Å²) in [6.45, 7) is 4.57. The molecule has 1 aliphatic rings. The summed E-state index contributed by atoms with van der Waals surface area (Å²) in [5.74, 6) is 1.14. The van der Waals surface area contributed by atoms with Crippen molar-refractivity contribution in [2.24, 2.45) is 5.92 Å². The van der Waals surface area contributed by atoms with Gasteiger partial charge >= 0.3 is 5.97 Å². The molecule has 0 unspecified atom stereocenters. The molecule has 104 valence electrons. The summed E-state index contributed by atoms with van der Waals surface area (Å²) in [6, 6.07) is 5.65. The van der Waals surface area contributed by atoms with Gasteiger partial charge in [-0.3, -0.25) is 0 Å². The fraction of sp³-hybridized carbons (Fsp3) is 0.600. The van der Waals surface area contributed by atoms with E-state index in [1.165, 1.54) is 19.3 Å². The molecule has 0 spiro atoms. The zero-order chi connectivity index (χ0) is 13.7. The molecule has 1 saturated carbocycles. The molecule has 0 saturated heterocycles. The van der Waals surface area contributed by atoms with Crippen molar-refractivity contribution in [2.75, 3.05) is 11.9 Å². The molecule has 1 N–H and O–H groups in total. The number of hydrogen-bond acceptors (Lipinski definition) is 4. The topological polar surface area (TPSA) is 51.2 Å². The number of nitrogens with zero attached hydrogens (tertiary/aromatic N) is 1. The van der Waals surface area contributed by atoms with E-state index in [9.17, 15) is 4.79 Å². The molecule has 1 fully saturated rings. The molecule has 0 aliphatic heterocycles. The molecule has 1 heterocycles. The lowest BCUT2D eigenvalue weighted by Gasteiger charge is -2.24. The summed E-state index contributed by atoms with van der Waals surface area (Å²) < 4.78 is 5.27. The standard InChI is InChI=1S/C15H22N2O2/c1-11(2)16-14-8-4-7-13(17-14)15(18)19-10-9-12-5-3-6-12/h4,7-8,11-12H,3,5-6,9-10H2,1-2H3,(H,16,17). The lowest BCUT2D eigenvalue weighted by atomic mass is 9.83. The molecule has 1 aliphatic carbocycles.